The third-order valence-corrected chi connectivity index (χ3v) is 7.27. The highest BCUT2D eigenvalue weighted by Crippen LogP contribution is 2.31. The quantitative estimate of drug-likeness (QED) is 0.838. The third-order valence-electron chi connectivity index (χ3n) is 2.72. The molecule has 1 aliphatic heterocycles. The number of thiophene rings is 1. The Bertz CT molecular complexity index is 447. The van der Waals surface area contributed by atoms with Gasteiger partial charge in [0.25, 0.3) is 10.0 Å². The first-order chi connectivity index (χ1) is 7.62. The normalized spacial score (nSPS) is 19.6. The molecule has 1 saturated heterocycles. The van der Waals surface area contributed by atoms with Crippen LogP contribution in [0.2, 0.25) is 0 Å². The molecule has 6 heteroatoms. The number of hydrogen-bond donors (Lipinski definition) is 0. The summed E-state index contributed by atoms with van der Waals surface area (Å²) in [4.78, 5) is 0. The fourth-order valence-electron chi connectivity index (χ4n) is 1.86. The highest BCUT2D eigenvalue weighted by atomic mass is 79.9. The lowest BCUT2D eigenvalue weighted by Gasteiger charge is -2.18. The highest BCUT2D eigenvalue weighted by molar-refractivity contribution is 9.10. The molecule has 0 unspecified atom stereocenters. The molecule has 1 fully saturated rings. The zero-order valence-corrected chi connectivity index (χ0v) is 12.1. The molecule has 2 rings (SSSR count). The minimum atomic E-state index is -3.27. The lowest BCUT2D eigenvalue weighted by Crippen LogP contribution is -2.31. The third kappa shape index (κ3) is 2.50. The molecule has 1 aromatic rings. The summed E-state index contributed by atoms with van der Waals surface area (Å²) < 4.78 is 27.4. The highest BCUT2D eigenvalue weighted by Gasteiger charge is 2.27. The van der Waals surface area contributed by atoms with E-state index in [0.29, 0.717) is 21.8 Å². The van der Waals surface area contributed by atoms with E-state index in [1.54, 1.807) is 15.8 Å². The van der Waals surface area contributed by atoms with Crippen molar-refractivity contribution in [1.29, 1.82) is 0 Å². The second kappa shape index (κ2) is 5.16. The maximum Gasteiger partial charge on any atom is 0.253 e. The zero-order valence-electron chi connectivity index (χ0n) is 8.86. The van der Waals surface area contributed by atoms with E-state index in [2.05, 4.69) is 15.9 Å². The largest absolute Gasteiger partial charge is 0.253 e. The van der Waals surface area contributed by atoms with Crippen molar-refractivity contribution in [2.75, 3.05) is 13.1 Å². The summed E-state index contributed by atoms with van der Waals surface area (Å²) in [6.07, 6.45) is 4.22. The number of sulfonamides is 1. The molecule has 0 bridgehead atoms. The molecule has 16 heavy (non-hydrogen) atoms. The predicted molar refractivity (Wildman–Crippen MR) is 69.2 cm³/mol. The summed E-state index contributed by atoms with van der Waals surface area (Å²) in [7, 11) is -3.27. The Kier molecular flexibility index (Phi) is 4.05. The predicted octanol–water partition coefficient (Wildman–Crippen LogP) is 3.08. The van der Waals surface area contributed by atoms with Crippen molar-refractivity contribution in [3.8, 4) is 0 Å². The van der Waals surface area contributed by atoms with Gasteiger partial charge in [0.15, 0.2) is 0 Å². The number of rotatable bonds is 2. The van der Waals surface area contributed by atoms with Crippen molar-refractivity contribution in [3.63, 3.8) is 0 Å². The monoisotopic (exact) mass is 323 g/mol. The zero-order chi connectivity index (χ0) is 11.6. The van der Waals surface area contributed by atoms with Crippen molar-refractivity contribution in [2.24, 2.45) is 0 Å². The first-order valence-electron chi connectivity index (χ1n) is 5.35. The fourth-order valence-corrected chi connectivity index (χ4v) is 5.83. The summed E-state index contributed by atoms with van der Waals surface area (Å²) in [5.74, 6) is 0. The van der Waals surface area contributed by atoms with Gasteiger partial charge in [-0.15, -0.1) is 11.3 Å². The summed E-state index contributed by atoms with van der Waals surface area (Å²) in [5, 5.41) is 1.80. The topological polar surface area (TPSA) is 37.4 Å². The summed E-state index contributed by atoms with van der Waals surface area (Å²) in [6.45, 7) is 1.32. The van der Waals surface area contributed by atoms with E-state index >= 15 is 0 Å². The van der Waals surface area contributed by atoms with Gasteiger partial charge in [-0.05, 0) is 40.2 Å². The van der Waals surface area contributed by atoms with Crippen LogP contribution in [0.3, 0.4) is 0 Å². The maximum absolute atomic E-state index is 12.3. The summed E-state index contributed by atoms with van der Waals surface area (Å²) in [5.41, 5.74) is 0. The summed E-state index contributed by atoms with van der Waals surface area (Å²) >= 11 is 4.57. The minimum Gasteiger partial charge on any atom is -0.206 e. The van der Waals surface area contributed by atoms with Crippen LogP contribution in [0.1, 0.15) is 25.7 Å². The molecule has 0 atom stereocenters. The van der Waals surface area contributed by atoms with Gasteiger partial charge in [-0.1, -0.05) is 12.8 Å². The Hall–Kier alpha value is 0.0900. The molecular formula is C10H14BrNO2S2. The van der Waals surface area contributed by atoms with Crippen LogP contribution in [0.5, 0.6) is 0 Å². The smallest absolute Gasteiger partial charge is 0.206 e. The van der Waals surface area contributed by atoms with Crippen LogP contribution < -0.4 is 0 Å². The number of hydrogen-bond acceptors (Lipinski definition) is 3. The van der Waals surface area contributed by atoms with Gasteiger partial charge >= 0.3 is 0 Å². The molecule has 0 amide bonds. The fraction of sp³-hybridized carbons (Fsp3) is 0.600. The lowest BCUT2D eigenvalue weighted by molar-refractivity contribution is 0.425. The lowest BCUT2D eigenvalue weighted by atomic mass is 10.2. The van der Waals surface area contributed by atoms with Gasteiger partial charge in [0.05, 0.1) is 0 Å². The van der Waals surface area contributed by atoms with E-state index in [1.807, 2.05) is 0 Å². The Morgan fingerprint density at radius 2 is 1.81 bits per heavy atom. The molecule has 0 aromatic carbocycles. The van der Waals surface area contributed by atoms with E-state index in [-0.39, 0.29) is 0 Å². The molecule has 3 nitrogen and oxygen atoms in total. The van der Waals surface area contributed by atoms with Crippen molar-refractivity contribution in [1.82, 2.24) is 4.31 Å². The SMILES string of the molecule is O=S(=O)(c1sccc1Br)N1CCCCCC1. The van der Waals surface area contributed by atoms with Crippen LogP contribution in [0.4, 0.5) is 0 Å². The molecule has 90 valence electrons. The molecule has 1 aromatic heterocycles. The maximum atomic E-state index is 12.3. The Labute approximate surface area is 109 Å². The number of nitrogens with zero attached hydrogens (tertiary/aromatic N) is 1. The first kappa shape index (κ1) is 12.5. The molecule has 2 heterocycles. The van der Waals surface area contributed by atoms with Crippen LogP contribution in [0.15, 0.2) is 20.1 Å². The molecule has 0 N–H and O–H groups in total. The molecule has 0 spiro atoms. The van der Waals surface area contributed by atoms with Crippen LogP contribution in [-0.4, -0.2) is 25.8 Å². The standard InChI is InChI=1S/C10H14BrNO2S2/c11-9-5-8-15-10(9)16(13,14)12-6-3-1-2-4-7-12/h5,8H,1-4,6-7H2. The summed E-state index contributed by atoms with van der Waals surface area (Å²) in [6, 6.07) is 1.79. The molecule has 0 saturated carbocycles. The Balaban J connectivity index is 2.27. The molecule has 1 aliphatic rings. The van der Waals surface area contributed by atoms with Crippen LogP contribution in [0.25, 0.3) is 0 Å². The second-order valence-electron chi connectivity index (χ2n) is 3.87. The Morgan fingerprint density at radius 3 is 2.31 bits per heavy atom. The van der Waals surface area contributed by atoms with Crippen molar-refractivity contribution >= 4 is 37.3 Å². The van der Waals surface area contributed by atoms with Gasteiger partial charge in [-0.3, -0.25) is 0 Å². The Morgan fingerprint density at radius 1 is 1.19 bits per heavy atom. The van der Waals surface area contributed by atoms with E-state index in [1.165, 1.54) is 11.3 Å². The van der Waals surface area contributed by atoms with Crippen LogP contribution >= 0.6 is 27.3 Å². The van der Waals surface area contributed by atoms with Gasteiger partial charge in [0.1, 0.15) is 4.21 Å². The van der Waals surface area contributed by atoms with Gasteiger partial charge < -0.3 is 0 Å². The molecule has 0 aliphatic carbocycles. The van der Waals surface area contributed by atoms with Crippen LogP contribution in [0, 0.1) is 0 Å². The van der Waals surface area contributed by atoms with E-state index in [9.17, 15) is 8.42 Å². The van der Waals surface area contributed by atoms with Crippen LogP contribution in [-0.2, 0) is 10.0 Å². The number of halogens is 1. The van der Waals surface area contributed by atoms with Gasteiger partial charge in [0, 0.05) is 17.6 Å². The average Bonchev–Trinajstić information content (AvgIpc) is 2.55. The van der Waals surface area contributed by atoms with Gasteiger partial charge in [0.2, 0.25) is 0 Å². The van der Waals surface area contributed by atoms with Gasteiger partial charge in [-0.25, -0.2) is 8.42 Å². The minimum absolute atomic E-state index is 0.439. The van der Waals surface area contributed by atoms with Gasteiger partial charge in [-0.2, -0.15) is 4.31 Å². The van der Waals surface area contributed by atoms with E-state index in [4.69, 9.17) is 0 Å². The van der Waals surface area contributed by atoms with E-state index in [0.717, 1.165) is 25.7 Å². The van der Waals surface area contributed by atoms with E-state index < -0.39 is 10.0 Å². The average molecular weight is 324 g/mol. The first-order valence-corrected chi connectivity index (χ1v) is 8.47. The van der Waals surface area contributed by atoms with Crippen molar-refractivity contribution in [2.45, 2.75) is 29.9 Å². The van der Waals surface area contributed by atoms with Crippen molar-refractivity contribution in [3.05, 3.63) is 15.9 Å². The van der Waals surface area contributed by atoms with Crippen molar-refractivity contribution < 1.29 is 8.42 Å². The molecule has 0 radical (unpaired) electrons. The molecular weight excluding hydrogens is 310 g/mol. The second-order valence-corrected chi connectivity index (χ2v) is 7.78.